The molecule has 0 aliphatic heterocycles. The molecule has 0 radical (unpaired) electrons. The van der Waals surface area contributed by atoms with E-state index in [9.17, 15) is 4.79 Å². The second-order valence-corrected chi connectivity index (χ2v) is 6.49. The van der Waals surface area contributed by atoms with Crippen LogP contribution in [0.1, 0.15) is 6.42 Å². The van der Waals surface area contributed by atoms with Crippen molar-refractivity contribution in [1.82, 2.24) is 10.2 Å². The Morgan fingerprint density at radius 1 is 1.07 bits per heavy atom. The minimum atomic E-state index is -0.129. The number of aromatic nitrogens is 2. The summed E-state index contributed by atoms with van der Waals surface area (Å²) in [6, 6.07) is 18.1. The number of anilines is 1. The number of carbonyl (C=O) groups is 1. The van der Waals surface area contributed by atoms with Gasteiger partial charge in [-0.3, -0.25) is 9.89 Å². The van der Waals surface area contributed by atoms with Gasteiger partial charge in [-0.1, -0.05) is 36.4 Å². The summed E-state index contributed by atoms with van der Waals surface area (Å²) in [4.78, 5) is 12.1. The van der Waals surface area contributed by atoms with Gasteiger partial charge < -0.3 is 14.8 Å². The number of methoxy groups -OCH3 is 2. The monoisotopic (exact) mass is 375 g/mol. The average Bonchev–Trinajstić information content (AvgIpc) is 3.16. The number of hydrogen-bond donors (Lipinski definition) is 2. The lowest BCUT2D eigenvalue weighted by Crippen LogP contribution is -2.14. The fourth-order valence-electron chi connectivity index (χ4n) is 3.35. The average molecular weight is 375 g/mol. The quantitative estimate of drug-likeness (QED) is 0.525. The zero-order valence-electron chi connectivity index (χ0n) is 15.8. The van der Waals surface area contributed by atoms with Crippen LogP contribution in [0.3, 0.4) is 0 Å². The molecule has 6 nitrogen and oxygen atoms in total. The first kappa shape index (κ1) is 18.0. The molecule has 0 saturated carbocycles. The smallest absolute Gasteiger partial charge is 0.226 e. The lowest BCUT2D eigenvalue weighted by atomic mass is 10.0. The van der Waals surface area contributed by atoms with Crippen LogP contribution in [0.5, 0.6) is 5.75 Å². The van der Waals surface area contributed by atoms with E-state index in [1.165, 1.54) is 5.39 Å². The van der Waals surface area contributed by atoms with Gasteiger partial charge in [0, 0.05) is 12.7 Å². The van der Waals surface area contributed by atoms with Gasteiger partial charge in [-0.25, -0.2) is 0 Å². The molecular weight excluding hydrogens is 354 g/mol. The standard InChI is InChI=1S/C22H21N3O3/c1-27-12-11-19(26)23-18-10-9-17-20(22(18)28-2)21(25-24-17)16-8-7-14-5-3-4-6-15(14)13-16/h3-10,13H,11-12H2,1-2H3,(H,23,26)(H,24,25). The summed E-state index contributed by atoms with van der Waals surface area (Å²) in [5.74, 6) is 0.454. The van der Waals surface area contributed by atoms with Gasteiger partial charge in [-0.2, -0.15) is 5.10 Å². The van der Waals surface area contributed by atoms with E-state index in [0.717, 1.165) is 27.5 Å². The molecule has 4 aromatic rings. The van der Waals surface area contributed by atoms with Crippen molar-refractivity contribution in [3.63, 3.8) is 0 Å². The predicted octanol–water partition coefficient (Wildman–Crippen LogP) is 4.37. The first-order chi connectivity index (χ1) is 13.7. The summed E-state index contributed by atoms with van der Waals surface area (Å²) in [5.41, 5.74) is 3.21. The van der Waals surface area contributed by atoms with E-state index in [2.05, 4.69) is 39.8 Å². The number of nitrogens with one attached hydrogen (secondary N) is 2. The van der Waals surface area contributed by atoms with Gasteiger partial charge >= 0.3 is 0 Å². The number of benzene rings is 3. The number of rotatable bonds is 6. The molecule has 142 valence electrons. The van der Waals surface area contributed by atoms with E-state index in [0.29, 0.717) is 18.0 Å². The third-order valence-corrected chi connectivity index (χ3v) is 4.72. The summed E-state index contributed by atoms with van der Waals surface area (Å²) in [5, 5.41) is 13.6. The number of H-pyrrole nitrogens is 1. The molecule has 0 fully saturated rings. The molecule has 0 saturated heterocycles. The molecule has 1 aromatic heterocycles. The van der Waals surface area contributed by atoms with Crippen molar-refractivity contribution in [2.45, 2.75) is 6.42 Å². The molecule has 3 aromatic carbocycles. The van der Waals surface area contributed by atoms with Gasteiger partial charge in [-0.15, -0.1) is 0 Å². The normalized spacial score (nSPS) is 11.1. The van der Waals surface area contributed by atoms with Crippen LogP contribution >= 0.6 is 0 Å². The number of fused-ring (bicyclic) bond motifs is 2. The van der Waals surface area contributed by atoms with Crippen molar-refractivity contribution in [2.24, 2.45) is 0 Å². The van der Waals surface area contributed by atoms with Gasteiger partial charge in [0.2, 0.25) is 5.91 Å². The molecular formula is C22H21N3O3. The highest BCUT2D eigenvalue weighted by molar-refractivity contribution is 6.05. The van der Waals surface area contributed by atoms with Crippen LogP contribution in [0, 0.1) is 0 Å². The number of carbonyl (C=O) groups excluding carboxylic acids is 1. The predicted molar refractivity (Wildman–Crippen MR) is 111 cm³/mol. The second-order valence-electron chi connectivity index (χ2n) is 6.49. The third kappa shape index (κ3) is 3.30. The lowest BCUT2D eigenvalue weighted by Gasteiger charge is -2.12. The topological polar surface area (TPSA) is 76.2 Å². The van der Waals surface area contributed by atoms with Gasteiger partial charge in [0.1, 0.15) is 5.69 Å². The van der Waals surface area contributed by atoms with E-state index in [-0.39, 0.29) is 12.3 Å². The summed E-state index contributed by atoms with van der Waals surface area (Å²) >= 11 is 0. The molecule has 2 N–H and O–H groups in total. The van der Waals surface area contributed by atoms with Gasteiger partial charge in [0.05, 0.1) is 36.7 Å². The molecule has 0 bridgehead atoms. The van der Waals surface area contributed by atoms with Crippen LogP contribution in [0.25, 0.3) is 32.9 Å². The molecule has 0 aliphatic carbocycles. The van der Waals surface area contributed by atoms with Crippen LogP contribution in [0.15, 0.2) is 54.6 Å². The van der Waals surface area contributed by atoms with Crippen LogP contribution < -0.4 is 10.1 Å². The molecule has 28 heavy (non-hydrogen) atoms. The number of ether oxygens (including phenoxy) is 2. The van der Waals surface area contributed by atoms with Crippen molar-refractivity contribution in [2.75, 3.05) is 26.1 Å². The SMILES string of the molecule is COCCC(=O)Nc1ccc2[nH]nc(-c3ccc4ccccc4c3)c2c1OC. The van der Waals surface area contributed by atoms with Gasteiger partial charge in [0.15, 0.2) is 5.75 Å². The maximum Gasteiger partial charge on any atom is 0.226 e. The Morgan fingerprint density at radius 2 is 1.89 bits per heavy atom. The highest BCUT2D eigenvalue weighted by atomic mass is 16.5. The third-order valence-electron chi connectivity index (χ3n) is 4.72. The van der Waals surface area contributed by atoms with Crippen molar-refractivity contribution in [3.05, 3.63) is 54.6 Å². The minimum Gasteiger partial charge on any atom is -0.494 e. The molecule has 0 aliphatic rings. The fourth-order valence-corrected chi connectivity index (χ4v) is 3.35. The van der Waals surface area contributed by atoms with E-state index in [1.54, 1.807) is 14.2 Å². The Labute approximate surface area is 162 Å². The number of nitrogens with zero attached hydrogens (tertiary/aromatic N) is 1. The van der Waals surface area contributed by atoms with Crippen molar-refractivity contribution in [1.29, 1.82) is 0 Å². The number of aromatic amines is 1. The van der Waals surface area contributed by atoms with Gasteiger partial charge in [-0.05, 0) is 29.0 Å². The zero-order valence-corrected chi connectivity index (χ0v) is 15.8. The molecule has 1 amide bonds. The summed E-state index contributed by atoms with van der Waals surface area (Å²) in [6.07, 6.45) is 0.278. The number of amides is 1. The Bertz CT molecular complexity index is 1150. The maximum absolute atomic E-state index is 12.1. The Morgan fingerprint density at radius 3 is 2.68 bits per heavy atom. The summed E-state index contributed by atoms with van der Waals surface area (Å²) in [6.45, 7) is 0.366. The largest absolute Gasteiger partial charge is 0.494 e. The van der Waals surface area contributed by atoms with Crippen molar-refractivity contribution < 1.29 is 14.3 Å². The Balaban J connectivity index is 1.80. The van der Waals surface area contributed by atoms with Gasteiger partial charge in [0.25, 0.3) is 0 Å². The molecule has 1 heterocycles. The molecule has 0 spiro atoms. The molecule has 0 unspecified atom stereocenters. The Hall–Kier alpha value is -3.38. The molecule has 6 heteroatoms. The first-order valence-electron chi connectivity index (χ1n) is 9.04. The first-order valence-corrected chi connectivity index (χ1v) is 9.04. The fraction of sp³-hybridized carbons (Fsp3) is 0.182. The molecule has 0 atom stereocenters. The van der Waals surface area contributed by atoms with Crippen LogP contribution in [-0.2, 0) is 9.53 Å². The summed E-state index contributed by atoms with van der Waals surface area (Å²) < 4.78 is 10.6. The minimum absolute atomic E-state index is 0.129. The van der Waals surface area contributed by atoms with Crippen molar-refractivity contribution in [3.8, 4) is 17.0 Å². The molecule has 4 rings (SSSR count). The highest BCUT2D eigenvalue weighted by Gasteiger charge is 2.18. The Kier molecular flexibility index (Phi) is 4.95. The van der Waals surface area contributed by atoms with Crippen LogP contribution in [-0.4, -0.2) is 36.9 Å². The van der Waals surface area contributed by atoms with E-state index >= 15 is 0 Å². The van der Waals surface area contributed by atoms with Crippen molar-refractivity contribution >= 4 is 33.3 Å². The van der Waals surface area contributed by atoms with E-state index in [1.807, 2.05) is 30.3 Å². The maximum atomic E-state index is 12.1. The zero-order chi connectivity index (χ0) is 19.5. The lowest BCUT2D eigenvalue weighted by molar-refractivity contribution is -0.117. The van der Waals surface area contributed by atoms with Crippen LogP contribution in [0.2, 0.25) is 0 Å². The van der Waals surface area contributed by atoms with E-state index in [4.69, 9.17) is 9.47 Å². The van der Waals surface area contributed by atoms with Crippen LogP contribution in [0.4, 0.5) is 5.69 Å². The highest BCUT2D eigenvalue weighted by Crippen LogP contribution is 2.39. The summed E-state index contributed by atoms with van der Waals surface area (Å²) in [7, 11) is 3.16. The number of hydrogen-bond acceptors (Lipinski definition) is 4. The van der Waals surface area contributed by atoms with E-state index < -0.39 is 0 Å². The second kappa shape index (κ2) is 7.70.